The number of nitrogens with two attached hydrogens (primary N) is 1. The van der Waals surface area contributed by atoms with Crippen LogP contribution in [0.1, 0.15) is 23.7 Å². The number of halogens is 1. The summed E-state index contributed by atoms with van der Waals surface area (Å²) >= 11 is 5.49. The number of aliphatic hydroxyl groups excluding tert-OH is 2. The molecule has 0 aliphatic heterocycles. The maximum Gasteiger partial charge on any atom is 0.105 e. The average Bonchev–Trinajstić information content (AvgIpc) is 2.21. The summed E-state index contributed by atoms with van der Waals surface area (Å²) in [6.45, 7) is 1.89. The number of benzene rings is 1. The molecule has 0 aliphatic rings. The van der Waals surface area contributed by atoms with E-state index < -0.39 is 12.2 Å². The molecule has 84 valence electrons. The highest BCUT2D eigenvalue weighted by Gasteiger charge is 2.17. The normalized spacial score (nSPS) is 14.9. The molecule has 1 aromatic rings. The third-order valence-electron chi connectivity index (χ3n) is 2.41. The van der Waals surface area contributed by atoms with Crippen molar-refractivity contribution >= 4 is 17.3 Å². The highest BCUT2D eigenvalue weighted by molar-refractivity contribution is 6.17. The molecule has 0 aromatic heterocycles. The van der Waals surface area contributed by atoms with E-state index in [1.165, 1.54) is 0 Å². The molecule has 4 N–H and O–H groups in total. The molecule has 0 heterocycles. The van der Waals surface area contributed by atoms with Crippen molar-refractivity contribution in [1.29, 1.82) is 0 Å². The van der Waals surface area contributed by atoms with Gasteiger partial charge in [-0.25, -0.2) is 0 Å². The van der Waals surface area contributed by atoms with Crippen LogP contribution in [0.3, 0.4) is 0 Å². The molecule has 2 unspecified atom stereocenters. The lowest BCUT2D eigenvalue weighted by atomic mass is 10.0. The van der Waals surface area contributed by atoms with Crippen LogP contribution < -0.4 is 5.73 Å². The zero-order chi connectivity index (χ0) is 11.4. The van der Waals surface area contributed by atoms with Crippen molar-refractivity contribution in [3.05, 3.63) is 29.3 Å². The molecule has 2 atom stereocenters. The third-order valence-corrected chi connectivity index (χ3v) is 2.63. The van der Waals surface area contributed by atoms with Gasteiger partial charge in [0.25, 0.3) is 0 Å². The minimum Gasteiger partial charge on any atom is -0.399 e. The molecule has 1 aromatic carbocycles. The van der Waals surface area contributed by atoms with Gasteiger partial charge < -0.3 is 15.9 Å². The van der Waals surface area contributed by atoms with Gasteiger partial charge in [0.1, 0.15) is 6.10 Å². The predicted molar refractivity (Wildman–Crippen MR) is 61.9 cm³/mol. The fraction of sp³-hybridized carbons (Fsp3) is 0.455. The molecule has 4 heteroatoms. The first-order valence-electron chi connectivity index (χ1n) is 4.84. The highest BCUT2D eigenvalue weighted by Crippen LogP contribution is 2.23. The average molecular weight is 230 g/mol. The number of anilines is 1. The van der Waals surface area contributed by atoms with Crippen LogP contribution in [0.15, 0.2) is 18.2 Å². The van der Waals surface area contributed by atoms with Gasteiger partial charge in [-0.1, -0.05) is 12.1 Å². The summed E-state index contributed by atoms with van der Waals surface area (Å²) in [4.78, 5) is 0. The molecule has 15 heavy (non-hydrogen) atoms. The van der Waals surface area contributed by atoms with Crippen molar-refractivity contribution in [3.8, 4) is 0 Å². The number of rotatable bonds is 4. The van der Waals surface area contributed by atoms with Gasteiger partial charge in [0.05, 0.1) is 6.10 Å². The fourth-order valence-electron chi connectivity index (χ4n) is 1.33. The van der Waals surface area contributed by atoms with Crippen molar-refractivity contribution in [2.45, 2.75) is 25.6 Å². The summed E-state index contributed by atoms with van der Waals surface area (Å²) in [5, 5.41) is 19.3. The molecule has 0 fully saturated rings. The Morgan fingerprint density at radius 3 is 2.60 bits per heavy atom. The Kier molecular flexibility index (Phi) is 4.39. The van der Waals surface area contributed by atoms with Crippen LogP contribution in [0.4, 0.5) is 5.69 Å². The Labute approximate surface area is 94.5 Å². The van der Waals surface area contributed by atoms with Crippen LogP contribution in [0.25, 0.3) is 0 Å². The summed E-state index contributed by atoms with van der Waals surface area (Å²) in [5.41, 5.74) is 7.91. The molecule has 0 saturated carbocycles. The second-order valence-corrected chi connectivity index (χ2v) is 3.98. The Bertz CT molecular complexity index is 330. The molecule has 0 spiro atoms. The molecule has 0 saturated heterocycles. The largest absolute Gasteiger partial charge is 0.399 e. The van der Waals surface area contributed by atoms with Crippen molar-refractivity contribution in [2.24, 2.45) is 0 Å². The number of aliphatic hydroxyl groups is 2. The topological polar surface area (TPSA) is 66.5 Å². The van der Waals surface area contributed by atoms with E-state index in [1.54, 1.807) is 12.1 Å². The summed E-state index contributed by atoms with van der Waals surface area (Å²) in [7, 11) is 0. The number of nitrogen functional groups attached to an aromatic ring is 1. The smallest absolute Gasteiger partial charge is 0.105 e. The van der Waals surface area contributed by atoms with Crippen molar-refractivity contribution in [2.75, 3.05) is 11.6 Å². The molecule has 3 nitrogen and oxygen atoms in total. The van der Waals surface area contributed by atoms with E-state index in [9.17, 15) is 10.2 Å². The van der Waals surface area contributed by atoms with Crippen LogP contribution in [-0.2, 0) is 0 Å². The minimum atomic E-state index is -0.924. The Morgan fingerprint density at radius 1 is 1.40 bits per heavy atom. The zero-order valence-electron chi connectivity index (χ0n) is 8.65. The van der Waals surface area contributed by atoms with Crippen LogP contribution in [-0.4, -0.2) is 22.2 Å². The zero-order valence-corrected chi connectivity index (χ0v) is 9.41. The monoisotopic (exact) mass is 229 g/mol. The summed E-state index contributed by atoms with van der Waals surface area (Å²) < 4.78 is 0. The van der Waals surface area contributed by atoms with E-state index in [0.717, 1.165) is 5.56 Å². The lowest BCUT2D eigenvalue weighted by molar-refractivity contribution is 0.0170. The highest BCUT2D eigenvalue weighted by atomic mass is 35.5. The Morgan fingerprint density at radius 2 is 2.07 bits per heavy atom. The van der Waals surface area contributed by atoms with Gasteiger partial charge in [-0.05, 0) is 30.5 Å². The van der Waals surface area contributed by atoms with E-state index >= 15 is 0 Å². The standard InChI is InChI=1S/C11H16ClNO2/c1-7-2-3-8(6-9(7)13)11(15)10(14)4-5-12/h2-3,6,10-11,14-15H,4-5,13H2,1H3. The molecular weight excluding hydrogens is 214 g/mol. The molecule has 0 aliphatic carbocycles. The van der Waals surface area contributed by atoms with Gasteiger partial charge in [0.2, 0.25) is 0 Å². The number of aryl methyl sites for hydroxylation is 1. The summed E-state index contributed by atoms with van der Waals surface area (Å²) in [5.74, 6) is 0.319. The van der Waals surface area contributed by atoms with Gasteiger partial charge in [-0.3, -0.25) is 0 Å². The first kappa shape index (κ1) is 12.3. The van der Waals surface area contributed by atoms with Gasteiger partial charge >= 0.3 is 0 Å². The lowest BCUT2D eigenvalue weighted by Gasteiger charge is -2.17. The number of alkyl halides is 1. The molecule has 0 bridgehead atoms. The second-order valence-electron chi connectivity index (χ2n) is 3.61. The predicted octanol–water partition coefficient (Wildman–Crippen LogP) is 1.60. The second kappa shape index (κ2) is 5.35. The first-order valence-corrected chi connectivity index (χ1v) is 5.38. The third kappa shape index (κ3) is 3.09. The fourth-order valence-corrected chi connectivity index (χ4v) is 1.56. The van der Waals surface area contributed by atoms with Gasteiger partial charge in [0.15, 0.2) is 0 Å². The molecular formula is C11H16ClNO2. The van der Waals surface area contributed by atoms with Crippen LogP contribution in [0.2, 0.25) is 0 Å². The molecule has 0 radical (unpaired) electrons. The summed E-state index contributed by atoms with van der Waals surface area (Å²) in [6.07, 6.45) is -1.41. The van der Waals surface area contributed by atoms with Gasteiger partial charge in [0, 0.05) is 11.6 Å². The summed E-state index contributed by atoms with van der Waals surface area (Å²) in [6, 6.07) is 5.26. The maximum atomic E-state index is 9.77. The van der Waals surface area contributed by atoms with Crippen LogP contribution in [0.5, 0.6) is 0 Å². The van der Waals surface area contributed by atoms with Crippen LogP contribution >= 0.6 is 11.6 Å². The van der Waals surface area contributed by atoms with E-state index in [1.807, 2.05) is 13.0 Å². The number of hydrogen-bond donors (Lipinski definition) is 3. The lowest BCUT2D eigenvalue weighted by Crippen LogP contribution is -2.18. The maximum absolute atomic E-state index is 9.77. The van der Waals surface area contributed by atoms with Gasteiger partial charge in [-0.2, -0.15) is 0 Å². The minimum absolute atomic E-state index is 0.319. The SMILES string of the molecule is Cc1ccc(C(O)C(O)CCCl)cc1N. The van der Waals surface area contributed by atoms with Crippen LogP contribution in [0, 0.1) is 6.92 Å². The van der Waals surface area contributed by atoms with Crippen molar-refractivity contribution in [1.82, 2.24) is 0 Å². The van der Waals surface area contributed by atoms with E-state index in [-0.39, 0.29) is 0 Å². The van der Waals surface area contributed by atoms with E-state index in [2.05, 4.69) is 0 Å². The quantitative estimate of drug-likeness (QED) is 0.543. The Balaban J connectivity index is 2.81. The molecule has 1 rings (SSSR count). The van der Waals surface area contributed by atoms with Crippen molar-refractivity contribution in [3.63, 3.8) is 0 Å². The van der Waals surface area contributed by atoms with Gasteiger partial charge in [-0.15, -0.1) is 11.6 Å². The van der Waals surface area contributed by atoms with E-state index in [4.69, 9.17) is 17.3 Å². The van der Waals surface area contributed by atoms with Crippen molar-refractivity contribution < 1.29 is 10.2 Å². The Hall–Kier alpha value is -0.770. The molecule has 0 amide bonds. The number of hydrogen-bond acceptors (Lipinski definition) is 3. The first-order chi connectivity index (χ1) is 7.06. The van der Waals surface area contributed by atoms with E-state index in [0.29, 0.717) is 23.6 Å².